The van der Waals surface area contributed by atoms with Crippen LogP contribution < -0.4 is 0 Å². The van der Waals surface area contributed by atoms with Crippen molar-refractivity contribution in [3.63, 3.8) is 0 Å². The molecular weight excluding hydrogens is 228 g/mol. The normalized spacial score (nSPS) is 24.7. The van der Waals surface area contributed by atoms with Gasteiger partial charge in [-0.15, -0.1) is 0 Å². The van der Waals surface area contributed by atoms with E-state index in [4.69, 9.17) is 4.74 Å². The lowest BCUT2D eigenvalue weighted by Crippen LogP contribution is -2.22. The van der Waals surface area contributed by atoms with E-state index in [9.17, 15) is 9.59 Å². The van der Waals surface area contributed by atoms with Gasteiger partial charge in [0.1, 0.15) is 5.78 Å². The molecule has 1 aliphatic rings. The van der Waals surface area contributed by atoms with Crippen LogP contribution in [0.4, 0.5) is 0 Å². The third-order valence-electron chi connectivity index (χ3n) is 3.68. The number of esters is 1. The van der Waals surface area contributed by atoms with E-state index in [0.717, 1.165) is 5.56 Å². The molecule has 0 amide bonds. The molecule has 1 aliphatic heterocycles. The monoisotopic (exact) mass is 246 g/mol. The summed E-state index contributed by atoms with van der Waals surface area (Å²) in [5, 5.41) is 0. The summed E-state index contributed by atoms with van der Waals surface area (Å²) in [4.78, 5) is 22.9. The first-order valence-electron chi connectivity index (χ1n) is 6.30. The molecule has 0 spiro atoms. The van der Waals surface area contributed by atoms with Gasteiger partial charge in [-0.2, -0.15) is 0 Å². The highest BCUT2D eigenvalue weighted by Gasteiger charge is 2.39. The molecule has 0 aliphatic carbocycles. The van der Waals surface area contributed by atoms with E-state index >= 15 is 0 Å². The number of rotatable bonds is 4. The molecule has 0 aromatic heterocycles. The Morgan fingerprint density at radius 3 is 2.56 bits per heavy atom. The number of benzene rings is 1. The Bertz CT molecular complexity index is 438. The number of ketones is 1. The Morgan fingerprint density at radius 1 is 1.39 bits per heavy atom. The van der Waals surface area contributed by atoms with Crippen LogP contribution in [0.5, 0.6) is 0 Å². The quantitative estimate of drug-likeness (QED) is 0.767. The van der Waals surface area contributed by atoms with Crippen LogP contribution >= 0.6 is 0 Å². The van der Waals surface area contributed by atoms with Crippen molar-refractivity contribution in [3.05, 3.63) is 35.9 Å². The Hall–Kier alpha value is -1.64. The van der Waals surface area contributed by atoms with Crippen molar-refractivity contribution >= 4 is 11.8 Å². The molecular formula is C15H18O3. The molecule has 0 N–H and O–H groups in total. The zero-order valence-corrected chi connectivity index (χ0v) is 10.8. The van der Waals surface area contributed by atoms with E-state index in [1.807, 2.05) is 37.3 Å². The molecule has 1 saturated heterocycles. The van der Waals surface area contributed by atoms with Gasteiger partial charge in [-0.25, -0.2) is 0 Å². The average molecular weight is 246 g/mol. The molecule has 3 nitrogen and oxygen atoms in total. The van der Waals surface area contributed by atoms with E-state index in [2.05, 4.69) is 0 Å². The highest BCUT2D eigenvalue weighted by atomic mass is 16.5. The molecule has 1 aromatic rings. The van der Waals surface area contributed by atoms with Crippen molar-refractivity contribution in [1.29, 1.82) is 0 Å². The molecule has 1 fully saturated rings. The van der Waals surface area contributed by atoms with Gasteiger partial charge in [0, 0.05) is 12.3 Å². The van der Waals surface area contributed by atoms with Crippen molar-refractivity contribution < 1.29 is 14.3 Å². The van der Waals surface area contributed by atoms with E-state index in [-0.39, 0.29) is 29.5 Å². The van der Waals surface area contributed by atoms with E-state index in [1.165, 1.54) is 0 Å². The molecule has 0 bridgehead atoms. The summed E-state index contributed by atoms with van der Waals surface area (Å²) in [7, 11) is 0. The lowest BCUT2D eigenvalue weighted by atomic mass is 9.78. The Labute approximate surface area is 107 Å². The largest absolute Gasteiger partial charge is 0.465 e. The van der Waals surface area contributed by atoms with E-state index < -0.39 is 0 Å². The summed E-state index contributed by atoms with van der Waals surface area (Å²) in [5.74, 6) is 0.0448. The van der Waals surface area contributed by atoms with Crippen LogP contribution in [0.3, 0.4) is 0 Å². The van der Waals surface area contributed by atoms with Gasteiger partial charge in [0.05, 0.1) is 12.5 Å². The fourth-order valence-corrected chi connectivity index (χ4v) is 2.62. The second-order valence-corrected chi connectivity index (χ2v) is 5.01. The Morgan fingerprint density at radius 2 is 2.06 bits per heavy atom. The topological polar surface area (TPSA) is 43.4 Å². The summed E-state index contributed by atoms with van der Waals surface area (Å²) in [6.07, 6.45) is 0.468. The SMILES string of the molecule is CC(=O)CC(c1ccccc1)[C@H]1COC(=O)[C@@H]1C. The number of carbonyl (C=O) groups excluding carboxylic acids is 2. The Balaban J connectivity index is 2.26. The standard InChI is InChI=1S/C15H18O3/c1-10(16)8-13(12-6-4-3-5-7-12)14-9-18-15(17)11(14)2/h3-7,11,13-14H,8-9H2,1-2H3/t11-,13?,14+/m1/s1. The minimum Gasteiger partial charge on any atom is -0.465 e. The van der Waals surface area contributed by atoms with Crippen molar-refractivity contribution in [2.75, 3.05) is 6.61 Å². The number of cyclic esters (lactones) is 1. The molecule has 0 saturated carbocycles. The van der Waals surface area contributed by atoms with Crippen LogP contribution in [-0.2, 0) is 14.3 Å². The molecule has 1 aromatic carbocycles. The Kier molecular flexibility index (Phi) is 3.80. The minimum absolute atomic E-state index is 0.0742. The van der Waals surface area contributed by atoms with Gasteiger partial charge in [-0.05, 0) is 18.4 Å². The minimum atomic E-state index is -0.149. The van der Waals surface area contributed by atoms with Gasteiger partial charge in [0.25, 0.3) is 0 Å². The van der Waals surface area contributed by atoms with Gasteiger partial charge in [-0.1, -0.05) is 37.3 Å². The van der Waals surface area contributed by atoms with Crippen LogP contribution in [0.1, 0.15) is 31.7 Å². The second-order valence-electron chi connectivity index (χ2n) is 5.01. The highest BCUT2D eigenvalue weighted by molar-refractivity contribution is 5.78. The maximum atomic E-state index is 11.5. The maximum absolute atomic E-state index is 11.5. The van der Waals surface area contributed by atoms with Gasteiger partial charge in [0.15, 0.2) is 0 Å². The number of Topliss-reactive ketones (excluding diaryl/α,β-unsaturated/α-hetero) is 1. The van der Waals surface area contributed by atoms with Crippen LogP contribution in [0, 0.1) is 11.8 Å². The number of hydrogen-bond acceptors (Lipinski definition) is 3. The van der Waals surface area contributed by atoms with Crippen molar-refractivity contribution in [2.24, 2.45) is 11.8 Å². The predicted octanol–water partition coefficient (Wildman–Crippen LogP) is 2.56. The van der Waals surface area contributed by atoms with Gasteiger partial charge in [-0.3, -0.25) is 4.79 Å². The third-order valence-corrected chi connectivity index (χ3v) is 3.68. The van der Waals surface area contributed by atoms with Gasteiger partial charge >= 0.3 is 5.97 Å². The highest BCUT2D eigenvalue weighted by Crippen LogP contribution is 2.37. The fourth-order valence-electron chi connectivity index (χ4n) is 2.62. The molecule has 3 heteroatoms. The molecule has 0 radical (unpaired) electrons. The summed E-state index contributed by atoms with van der Waals surface area (Å²) >= 11 is 0. The van der Waals surface area contributed by atoms with Crippen LogP contribution in [0.15, 0.2) is 30.3 Å². The lowest BCUT2D eigenvalue weighted by molar-refractivity contribution is -0.140. The summed E-state index contributed by atoms with van der Waals surface area (Å²) in [6.45, 7) is 3.90. The van der Waals surface area contributed by atoms with Crippen molar-refractivity contribution in [3.8, 4) is 0 Å². The smallest absolute Gasteiger partial charge is 0.309 e. The first kappa shape index (κ1) is 12.8. The van der Waals surface area contributed by atoms with Crippen LogP contribution in [0.25, 0.3) is 0 Å². The second kappa shape index (κ2) is 5.34. The van der Waals surface area contributed by atoms with Crippen LogP contribution in [0.2, 0.25) is 0 Å². The number of carbonyl (C=O) groups is 2. The number of ether oxygens (including phenoxy) is 1. The van der Waals surface area contributed by atoms with Gasteiger partial charge in [0.2, 0.25) is 0 Å². The fraction of sp³-hybridized carbons (Fsp3) is 0.467. The number of hydrogen-bond donors (Lipinski definition) is 0. The molecule has 1 heterocycles. The first-order chi connectivity index (χ1) is 8.59. The van der Waals surface area contributed by atoms with E-state index in [1.54, 1.807) is 6.92 Å². The summed E-state index contributed by atoms with van der Waals surface area (Å²) < 4.78 is 5.11. The first-order valence-corrected chi connectivity index (χ1v) is 6.30. The molecule has 3 atom stereocenters. The van der Waals surface area contributed by atoms with E-state index in [0.29, 0.717) is 13.0 Å². The zero-order chi connectivity index (χ0) is 13.1. The zero-order valence-electron chi connectivity index (χ0n) is 10.8. The molecule has 2 rings (SSSR count). The van der Waals surface area contributed by atoms with Crippen molar-refractivity contribution in [1.82, 2.24) is 0 Å². The van der Waals surface area contributed by atoms with Gasteiger partial charge < -0.3 is 9.53 Å². The van der Waals surface area contributed by atoms with Crippen LogP contribution in [-0.4, -0.2) is 18.4 Å². The average Bonchev–Trinajstić information content (AvgIpc) is 2.68. The molecule has 18 heavy (non-hydrogen) atoms. The molecule has 1 unspecified atom stereocenters. The third kappa shape index (κ3) is 2.61. The summed E-state index contributed by atoms with van der Waals surface area (Å²) in [6, 6.07) is 9.91. The molecule has 96 valence electrons. The summed E-state index contributed by atoms with van der Waals surface area (Å²) in [5.41, 5.74) is 1.11. The van der Waals surface area contributed by atoms with Crippen molar-refractivity contribution in [2.45, 2.75) is 26.2 Å². The predicted molar refractivity (Wildman–Crippen MR) is 68.1 cm³/mol. The maximum Gasteiger partial charge on any atom is 0.309 e. The lowest BCUT2D eigenvalue weighted by Gasteiger charge is -2.23.